The van der Waals surface area contributed by atoms with E-state index in [1.807, 2.05) is 42.5 Å². The average Bonchev–Trinajstić information content (AvgIpc) is 3.80. The molecule has 14 nitrogen and oxygen atoms in total. The number of likely N-dealkylation sites (tertiary alicyclic amines) is 1. The van der Waals surface area contributed by atoms with E-state index in [1.54, 1.807) is 0 Å². The molecule has 14 heteroatoms. The predicted octanol–water partition coefficient (Wildman–Crippen LogP) is 1.81. The minimum Gasteiger partial charge on any atom is -0.368 e. The maximum absolute atomic E-state index is 11.2. The van der Waals surface area contributed by atoms with Gasteiger partial charge in [-0.2, -0.15) is 9.59 Å². The Hall–Kier alpha value is -5.34. The van der Waals surface area contributed by atoms with Gasteiger partial charge in [0.2, 0.25) is 11.8 Å². The third-order valence-corrected chi connectivity index (χ3v) is 9.42. The van der Waals surface area contributed by atoms with Crippen LogP contribution in [0.1, 0.15) is 55.4 Å². The molecule has 0 atom stereocenters. The lowest BCUT2D eigenvalue weighted by molar-refractivity contribution is -0.119. The topological polar surface area (TPSA) is 189 Å². The molecule has 2 aliphatic heterocycles. The van der Waals surface area contributed by atoms with Crippen LogP contribution in [0.4, 0.5) is 0 Å². The molecule has 4 heterocycles. The van der Waals surface area contributed by atoms with Crippen LogP contribution in [-0.4, -0.2) is 83.3 Å². The van der Waals surface area contributed by atoms with Crippen molar-refractivity contribution in [2.75, 3.05) is 26.2 Å². The van der Waals surface area contributed by atoms with Gasteiger partial charge in [0, 0.05) is 7.97 Å². The Balaban J connectivity index is 0.000000198. The van der Waals surface area contributed by atoms with Crippen LogP contribution >= 0.6 is 0 Å². The fourth-order valence-corrected chi connectivity index (χ4v) is 6.87. The molecule has 0 spiro atoms. The van der Waals surface area contributed by atoms with Crippen molar-refractivity contribution in [3.8, 4) is 0 Å². The number of nitrogens with one attached hydrogen (secondary N) is 1. The largest absolute Gasteiger partial charge is 0.368 e. The second kappa shape index (κ2) is 15.3. The smallest absolute Gasteiger partial charge is 0.241 e. The molecule has 0 bridgehead atoms. The molecule has 0 unspecified atom stereocenters. The van der Waals surface area contributed by atoms with Gasteiger partial charge in [-0.05, 0) is 79.0 Å². The standard InChI is InChI=1S/C21H24N6O.C14H18N6O.H2/c22-19(28)16-27-24-20(23-25-27)21(18-9-5-2-6-10-18)11-13-26(14-12-21)15-17-7-3-1-4-8-17;15-12(21)10-20-18-13(17-19-20)14(6-8-16-9-7-14)11-4-2-1-3-5-11;/h1-10H,11-16H2,(H2,22,28);1-5,16H,6-10H2,(H2,15,21);1H. The van der Waals surface area contributed by atoms with Crippen LogP contribution in [0.2, 0.25) is 0 Å². The molecule has 0 radical (unpaired) electrons. The number of piperidine rings is 2. The van der Waals surface area contributed by atoms with Crippen LogP contribution in [0, 0.1) is 0 Å². The van der Waals surface area contributed by atoms with Gasteiger partial charge >= 0.3 is 0 Å². The minimum atomic E-state index is -0.476. The molecular formula is C35H44N12O2. The van der Waals surface area contributed by atoms with E-state index in [4.69, 9.17) is 11.5 Å². The van der Waals surface area contributed by atoms with Crippen LogP contribution in [0.3, 0.4) is 0 Å². The Kier molecular flexibility index (Phi) is 10.4. The summed E-state index contributed by atoms with van der Waals surface area (Å²) >= 11 is 0. The zero-order chi connectivity index (χ0) is 34.1. The van der Waals surface area contributed by atoms with Gasteiger partial charge in [0.05, 0.1) is 10.8 Å². The van der Waals surface area contributed by atoms with Gasteiger partial charge in [0.15, 0.2) is 11.6 Å². The van der Waals surface area contributed by atoms with Crippen LogP contribution in [0.15, 0.2) is 91.0 Å². The first kappa shape index (κ1) is 33.6. The molecule has 3 aromatic carbocycles. The lowest BCUT2D eigenvalue weighted by atomic mass is 9.72. The quantitative estimate of drug-likeness (QED) is 0.199. The molecule has 2 saturated heterocycles. The molecule has 49 heavy (non-hydrogen) atoms. The van der Waals surface area contributed by atoms with Crippen molar-refractivity contribution in [1.82, 2.24) is 50.6 Å². The highest BCUT2D eigenvalue weighted by atomic mass is 16.1. The van der Waals surface area contributed by atoms with E-state index in [-0.39, 0.29) is 25.3 Å². The maximum atomic E-state index is 11.2. The second-order valence-corrected chi connectivity index (χ2v) is 12.6. The molecule has 2 aromatic heterocycles. The maximum Gasteiger partial charge on any atom is 0.241 e. The number of amides is 2. The van der Waals surface area contributed by atoms with E-state index in [9.17, 15) is 9.59 Å². The number of primary amides is 2. The number of nitrogens with two attached hydrogens (primary N) is 2. The van der Waals surface area contributed by atoms with Crippen molar-refractivity contribution in [2.24, 2.45) is 11.5 Å². The van der Waals surface area contributed by atoms with Crippen LogP contribution in [-0.2, 0) is 40.1 Å². The number of hydrogen-bond acceptors (Lipinski definition) is 10. The van der Waals surface area contributed by atoms with Crippen LogP contribution in [0.5, 0.6) is 0 Å². The van der Waals surface area contributed by atoms with Crippen LogP contribution in [0.25, 0.3) is 0 Å². The zero-order valence-corrected chi connectivity index (χ0v) is 27.4. The Morgan fingerprint density at radius 3 is 1.53 bits per heavy atom. The van der Waals surface area contributed by atoms with E-state index in [0.29, 0.717) is 11.6 Å². The highest BCUT2D eigenvalue weighted by Crippen LogP contribution is 2.40. The number of hydrogen-bond donors (Lipinski definition) is 3. The third kappa shape index (κ3) is 7.87. The summed E-state index contributed by atoms with van der Waals surface area (Å²) in [5.41, 5.74) is 13.6. The van der Waals surface area contributed by atoms with Crippen molar-refractivity contribution in [3.05, 3.63) is 119 Å². The van der Waals surface area contributed by atoms with Gasteiger partial charge in [0.25, 0.3) is 0 Å². The molecule has 2 amide bonds. The third-order valence-electron chi connectivity index (χ3n) is 9.42. The summed E-state index contributed by atoms with van der Waals surface area (Å²) in [6.45, 7) is 4.52. The van der Waals surface area contributed by atoms with E-state index in [1.165, 1.54) is 26.3 Å². The van der Waals surface area contributed by atoms with Gasteiger partial charge in [0.1, 0.15) is 13.1 Å². The van der Waals surface area contributed by atoms with Crippen molar-refractivity contribution in [1.29, 1.82) is 0 Å². The number of nitrogens with zero attached hydrogens (tertiary/aromatic N) is 9. The average molecular weight is 665 g/mol. The monoisotopic (exact) mass is 664 g/mol. The first-order valence-electron chi connectivity index (χ1n) is 16.6. The van der Waals surface area contributed by atoms with Crippen molar-refractivity contribution < 1.29 is 11.0 Å². The summed E-state index contributed by atoms with van der Waals surface area (Å²) in [5.74, 6) is 0.379. The summed E-state index contributed by atoms with van der Waals surface area (Å²) in [5, 5.41) is 28.8. The van der Waals surface area contributed by atoms with Gasteiger partial charge < -0.3 is 16.8 Å². The first-order valence-corrected chi connectivity index (χ1v) is 16.6. The molecule has 2 fully saturated rings. The molecular weight excluding hydrogens is 620 g/mol. The van der Waals surface area contributed by atoms with Gasteiger partial charge in [-0.25, -0.2) is 0 Å². The van der Waals surface area contributed by atoms with Gasteiger partial charge in [-0.3, -0.25) is 14.5 Å². The Labute approximate surface area is 286 Å². The van der Waals surface area contributed by atoms with Gasteiger partial charge in [-0.1, -0.05) is 91.0 Å². The Morgan fingerprint density at radius 1 is 0.653 bits per heavy atom. The number of benzene rings is 3. The van der Waals surface area contributed by atoms with Crippen LogP contribution < -0.4 is 16.8 Å². The molecule has 5 N–H and O–H groups in total. The fraction of sp³-hybridized carbons (Fsp3) is 0.371. The molecule has 2 aliphatic rings. The number of carbonyl (C=O) groups is 2. The normalized spacial score (nSPS) is 17.1. The fourth-order valence-electron chi connectivity index (χ4n) is 6.87. The minimum absolute atomic E-state index is 0. The molecule has 7 rings (SSSR count). The highest BCUT2D eigenvalue weighted by molar-refractivity contribution is 5.73. The zero-order valence-electron chi connectivity index (χ0n) is 27.4. The van der Waals surface area contributed by atoms with Crippen molar-refractivity contribution in [3.63, 3.8) is 0 Å². The number of tetrazole rings is 2. The number of aromatic nitrogens is 8. The van der Waals surface area contributed by atoms with Crippen molar-refractivity contribution >= 4 is 11.8 Å². The van der Waals surface area contributed by atoms with E-state index in [0.717, 1.165) is 58.4 Å². The summed E-state index contributed by atoms with van der Waals surface area (Å²) in [6.07, 6.45) is 3.59. The molecule has 256 valence electrons. The van der Waals surface area contributed by atoms with E-state index >= 15 is 0 Å². The second-order valence-electron chi connectivity index (χ2n) is 12.6. The summed E-state index contributed by atoms with van der Waals surface area (Å²) < 4.78 is 0. The molecule has 5 aromatic rings. The van der Waals surface area contributed by atoms with E-state index in [2.05, 4.69) is 89.6 Å². The lowest BCUT2D eigenvalue weighted by Gasteiger charge is -2.40. The summed E-state index contributed by atoms with van der Waals surface area (Å²) in [4.78, 5) is 27.2. The first-order chi connectivity index (χ1) is 23.9. The SMILES string of the molecule is NC(=O)Cn1nnc(C2(c3ccccc3)CCN(Cc3ccccc3)CC2)n1.NC(=O)Cn1nnc(C2(c3ccccc3)CCNCC2)n1.[HH]. The Bertz CT molecular complexity index is 1800. The Morgan fingerprint density at radius 2 is 1.08 bits per heavy atom. The van der Waals surface area contributed by atoms with E-state index < -0.39 is 11.8 Å². The summed E-state index contributed by atoms with van der Waals surface area (Å²) in [7, 11) is 0. The summed E-state index contributed by atoms with van der Waals surface area (Å²) in [6, 6.07) is 31.1. The molecule has 0 aliphatic carbocycles. The lowest BCUT2D eigenvalue weighted by Crippen LogP contribution is -2.43. The molecule has 0 saturated carbocycles. The number of rotatable bonds is 10. The highest BCUT2D eigenvalue weighted by Gasteiger charge is 2.42. The number of carbonyl (C=O) groups excluding carboxylic acids is 2. The van der Waals surface area contributed by atoms with Gasteiger partial charge in [-0.15, -0.1) is 20.4 Å². The predicted molar refractivity (Wildman–Crippen MR) is 184 cm³/mol. The van der Waals surface area contributed by atoms with Crippen molar-refractivity contribution in [2.45, 2.75) is 56.1 Å².